The van der Waals surface area contributed by atoms with Crippen LogP contribution in [0.1, 0.15) is 18.2 Å². The van der Waals surface area contributed by atoms with E-state index in [1.54, 1.807) is 0 Å². The molecule has 0 aliphatic rings. The molecule has 0 spiro atoms. The van der Waals surface area contributed by atoms with Crippen molar-refractivity contribution < 1.29 is 4.52 Å². The van der Waals surface area contributed by atoms with Crippen LogP contribution >= 0.6 is 11.6 Å². The Labute approximate surface area is 115 Å². The normalized spacial score (nSPS) is 11.4. The zero-order chi connectivity index (χ0) is 13.6. The van der Waals surface area contributed by atoms with E-state index in [1.807, 2.05) is 24.7 Å². The molecule has 0 N–H and O–H groups in total. The molecular formula is C13H13ClN4O. The predicted octanol–water partition coefficient (Wildman–Crippen LogP) is 3.15. The fourth-order valence-electron chi connectivity index (χ4n) is 2.37. The molecule has 0 amide bonds. The Morgan fingerprint density at radius 3 is 2.89 bits per heavy atom. The lowest BCUT2D eigenvalue weighted by molar-refractivity contribution is 0.398. The van der Waals surface area contributed by atoms with Crippen LogP contribution < -0.4 is 0 Å². The maximum absolute atomic E-state index is 6.20. The number of hydrogen-bond donors (Lipinski definition) is 0. The zero-order valence-corrected chi connectivity index (χ0v) is 11.7. The molecule has 5 nitrogen and oxygen atoms in total. The summed E-state index contributed by atoms with van der Waals surface area (Å²) in [6.07, 6.45) is 4.28. The van der Waals surface area contributed by atoms with Crippen molar-refractivity contribution in [1.82, 2.24) is 19.7 Å². The molecule has 6 heteroatoms. The first-order valence-corrected chi connectivity index (χ1v) is 6.42. The van der Waals surface area contributed by atoms with E-state index in [-0.39, 0.29) is 0 Å². The van der Waals surface area contributed by atoms with Gasteiger partial charge in [-0.3, -0.25) is 0 Å². The minimum atomic E-state index is 0.434. The lowest BCUT2D eigenvalue weighted by Crippen LogP contribution is -1.88. The van der Waals surface area contributed by atoms with Gasteiger partial charge in [0.15, 0.2) is 0 Å². The lowest BCUT2D eigenvalue weighted by Gasteiger charge is -1.98. The van der Waals surface area contributed by atoms with Crippen molar-refractivity contribution in [1.29, 1.82) is 0 Å². The van der Waals surface area contributed by atoms with Gasteiger partial charge in [-0.15, -0.1) is 0 Å². The number of aromatic nitrogens is 4. The van der Waals surface area contributed by atoms with Crippen LogP contribution in [-0.4, -0.2) is 19.7 Å². The highest BCUT2D eigenvalue weighted by Crippen LogP contribution is 2.35. The molecule has 0 aliphatic carbocycles. The molecule has 0 aromatic carbocycles. The fourth-order valence-corrected chi connectivity index (χ4v) is 2.60. The molecule has 3 heterocycles. The van der Waals surface area contributed by atoms with Gasteiger partial charge in [0.05, 0.1) is 5.39 Å². The van der Waals surface area contributed by atoms with E-state index in [2.05, 4.69) is 22.0 Å². The predicted molar refractivity (Wildman–Crippen MR) is 73.1 cm³/mol. The SMILES string of the molecule is CCc1c(-c2cn(C)c3ncnc(Cl)c23)noc1C. The molecule has 0 radical (unpaired) electrons. The highest BCUT2D eigenvalue weighted by Gasteiger charge is 2.20. The van der Waals surface area contributed by atoms with Crippen molar-refractivity contribution in [3.8, 4) is 11.3 Å². The van der Waals surface area contributed by atoms with Gasteiger partial charge in [0.1, 0.15) is 28.6 Å². The molecule has 0 atom stereocenters. The Hall–Kier alpha value is -1.88. The molecule has 3 aromatic heterocycles. The summed E-state index contributed by atoms with van der Waals surface area (Å²) < 4.78 is 7.21. The van der Waals surface area contributed by atoms with Crippen LogP contribution in [0.15, 0.2) is 17.0 Å². The molecule has 0 unspecified atom stereocenters. The second kappa shape index (κ2) is 4.35. The van der Waals surface area contributed by atoms with Crippen molar-refractivity contribution >= 4 is 22.6 Å². The first kappa shape index (κ1) is 12.2. The molecule has 98 valence electrons. The van der Waals surface area contributed by atoms with E-state index in [9.17, 15) is 0 Å². The Kier molecular flexibility index (Phi) is 2.78. The first-order valence-electron chi connectivity index (χ1n) is 6.04. The van der Waals surface area contributed by atoms with Crippen LogP contribution in [0.5, 0.6) is 0 Å². The van der Waals surface area contributed by atoms with Gasteiger partial charge >= 0.3 is 0 Å². The first-order chi connectivity index (χ1) is 9.13. The number of rotatable bonds is 2. The summed E-state index contributed by atoms with van der Waals surface area (Å²) in [6, 6.07) is 0. The van der Waals surface area contributed by atoms with Crippen LogP contribution in [0.2, 0.25) is 5.15 Å². The molecule has 0 saturated heterocycles. The van der Waals surface area contributed by atoms with Crippen molar-refractivity contribution in [3.63, 3.8) is 0 Å². The van der Waals surface area contributed by atoms with Gasteiger partial charge < -0.3 is 9.09 Å². The van der Waals surface area contributed by atoms with E-state index in [0.29, 0.717) is 5.15 Å². The number of hydrogen-bond acceptors (Lipinski definition) is 4. The van der Waals surface area contributed by atoms with E-state index < -0.39 is 0 Å². The standard InChI is InChI=1S/C13H13ClN4O/c1-4-8-7(2)19-17-11(8)9-5-18(3)13-10(9)12(14)15-6-16-13/h5-6H,4H2,1-3H3. The topological polar surface area (TPSA) is 56.7 Å². The molecule has 19 heavy (non-hydrogen) atoms. The van der Waals surface area contributed by atoms with Crippen molar-refractivity contribution in [3.05, 3.63) is 29.0 Å². The van der Waals surface area contributed by atoms with Gasteiger partial charge in [0.2, 0.25) is 0 Å². The van der Waals surface area contributed by atoms with E-state index in [1.165, 1.54) is 6.33 Å². The highest BCUT2D eigenvalue weighted by molar-refractivity contribution is 6.35. The van der Waals surface area contributed by atoms with Gasteiger partial charge in [-0.25, -0.2) is 9.97 Å². The van der Waals surface area contributed by atoms with Crippen molar-refractivity contribution in [2.45, 2.75) is 20.3 Å². The number of aryl methyl sites for hydroxylation is 2. The molecular weight excluding hydrogens is 264 g/mol. The van der Waals surface area contributed by atoms with E-state index in [0.717, 1.165) is 40.0 Å². The van der Waals surface area contributed by atoms with Crippen LogP contribution in [0, 0.1) is 6.92 Å². The largest absolute Gasteiger partial charge is 0.361 e. The summed E-state index contributed by atoms with van der Waals surface area (Å²) in [4.78, 5) is 8.31. The third kappa shape index (κ3) is 1.73. The van der Waals surface area contributed by atoms with Gasteiger partial charge in [-0.2, -0.15) is 0 Å². The summed E-state index contributed by atoms with van der Waals surface area (Å²) in [5.74, 6) is 0.836. The molecule has 0 saturated carbocycles. The average molecular weight is 277 g/mol. The average Bonchev–Trinajstić information content (AvgIpc) is 2.91. The summed E-state index contributed by atoms with van der Waals surface area (Å²) in [7, 11) is 1.92. The van der Waals surface area contributed by atoms with Gasteiger partial charge in [-0.05, 0) is 13.3 Å². The number of nitrogens with zero attached hydrogens (tertiary/aromatic N) is 4. The van der Waals surface area contributed by atoms with Gasteiger partial charge in [0.25, 0.3) is 0 Å². The molecule has 0 aliphatic heterocycles. The summed E-state index contributed by atoms with van der Waals surface area (Å²) in [5, 5.41) is 5.41. The minimum Gasteiger partial charge on any atom is -0.361 e. The van der Waals surface area contributed by atoms with Gasteiger partial charge in [-0.1, -0.05) is 23.7 Å². The highest BCUT2D eigenvalue weighted by atomic mass is 35.5. The summed E-state index contributed by atoms with van der Waals surface area (Å²) >= 11 is 6.20. The second-order valence-corrected chi connectivity index (χ2v) is 4.79. The number of halogens is 1. The van der Waals surface area contributed by atoms with Crippen molar-refractivity contribution in [2.75, 3.05) is 0 Å². The lowest BCUT2D eigenvalue weighted by atomic mass is 10.1. The second-order valence-electron chi connectivity index (χ2n) is 4.44. The quantitative estimate of drug-likeness (QED) is 0.675. The third-order valence-corrected chi connectivity index (χ3v) is 3.59. The molecule has 0 bridgehead atoms. The molecule has 3 rings (SSSR count). The van der Waals surface area contributed by atoms with E-state index in [4.69, 9.17) is 16.1 Å². The van der Waals surface area contributed by atoms with Gasteiger partial charge in [0, 0.05) is 24.4 Å². The van der Waals surface area contributed by atoms with Crippen molar-refractivity contribution in [2.24, 2.45) is 7.05 Å². The molecule has 3 aromatic rings. The zero-order valence-electron chi connectivity index (χ0n) is 10.9. The Morgan fingerprint density at radius 1 is 1.37 bits per heavy atom. The Balaban J connectivity index is 2.37. The molecule has 0 fully saturated rings. The van der Waals surface area contributed by atoms with Crippen LogP contribution in [0.3, 0.4) is 0 Å². The van der Waals surface area contributed by atoms with Crippen LogP contribution in [-0.2, 0) is 13.5 Å². The Morgan fingerprint density at radius 2 is 2.16 bits per heavy atom. The summed E-state index contributed by atoms with van der Waals surface area (Å²) in [6.45, 7) is 3.99. The Bertz CT molecular complexity index is 759. The van der Waals surface area contributed by atoms with Crippen LogP contribution in [0.25, 0.3) is 22.3 Å². The minimum absolute atomic E-state index is 0.434. The maximum atomic E-state index is 6.20. The number of fused-ring (bicyclic) bond motifs is 1. The maximum Gasteiger partial charge on any atom is 0.145 e. The third-order valence-electron chi connectivity index (χ3n) is 3.30. The summed E-state index contributed by atoms with van der Waals surface area (Å²) in [5.41, 5.74) is 3.62. The fraction of sp³-hybridized carbons (Fsp3) is 0.308. The monoisotopic (exact) mass is 276 g/mol. The smallest absolute Gasteiger partial charge is 0.145 e. The van der Waals surface area contributed by atoms with E-state index >= 15 is 0 Å². The van der Waals surface area contributed by atoms with Crippen LogP contribution in [0.4, 0.5) is 0 Å².